The minimum absolute atomic E-state index is 0.270. The number of carbonyl (C=O) groups is 1. The van der Waals surface area contributed by atoms with Gasteiger partial charge in [0, 0.05) is 19.3 Å². The second-order valence-corrected chi connectivity index (χ2v) is 5.12. The topological polar surface area (TPSA) is 70.2 Å². The molecule has 1 fully saturated rings. The number of rotatable bonds is 3. The lowest BCUT2D eigenvalue weighted by atomic mass is 10.3. The molecule has 2 N–H and O–H groups in total. The molecule has 21 heavy (non-hydrogen) atoms. The van der Waals surface area contributed by atoms with Crippen LogP contribution >= 0.6 is 11.6 Å². The van der Waals surface area contributed by atoms with Gasteiger partial charge in [0.25, 0.3) is 5.91 Å². The third kappa shape index (κ3) is 3.34. The van der Waals surface area contributed by atoms with Crippen molar-refractivity contribution in [1.82, 2.24) is 9.97 Å². The summed E-state index contributed by atoms with van der Waals surface area (Å²) < 4.78 is 5.32. The summed E-state index contributed by atoms with van der Waals surface area (Å²) in [6, 6.07) is 5.29. The first-order valence-electron chi connectivity index (χ1n) is 6.66. The minimum Gasteiger partial charge on any atom is -0.378 e. The fourth-order valence-electron chi connectivity index (χ4n) is 2.15. The lowest BCUT2D eigenvalue weighted by molar-refractivity contribution is 0.102. The van der Waals surface area contributed by atoms with E-state index in [1.54, 1.807) is 24.5 Å². The molecule has 0 unspecified atom stereocenters. The molecule has 0 aliphatic carbocycles. The van der Waals surface area contributed by atoms with Crippen LogP contribution in [-0.4, -0.2) is 42.2 Å². The molecule has 3 rings (SSSR count). The Balaban J connectivity index is 1.65. The number of anilines is 2. The van der Waals surface area contributed by atoms with Crippen LogP contribution in [0.1, 0.15) is 10.5 Å². The van der Waals surface area contributed by atoms with E-state index in [1.807, 2.05) is 6.07 Å². The molecule has 1 amide bonds. The molecular weight excluding hydrogens is 292 g/mol. The highest BCUT2D eigenvalue weighted by Crippen LogP contribution is 2.17. The van der Waals surface area contributed by atoms with E-state index < -0.39 is 0 Å². The van der Waals surface area contributed by atoms with Crippen molar-refractivity contribution in [3.63, 3.8) is 0 Å². The van der Waals surface area contributed by atoms with Crippen molar-refractivity contribution < 1.29 is 9.53 Å². The Kier molecular flexibility index (Phi) is 4.08. The first-order valence-corrected chi connectivity index (χ1v) is 7.04. The number of hydrogen-bond acceptors (Lipinski definition) is 4. The standard InChI is InChI=1S/C14H15ClN4O2/c15-10-7-12(16-8-10)14(20)18-13-2-1-11(9-17-13)19-3-5-21-6-4-19/h1-2,7-9,16H,3-6H2,(H,17,18,20). The summed E-state index contributed by atoms with van der Waals surface area (Å²) in [5, 5.41) is 3.21. The first kappa shape index (κ1) is 13.9. The molecule has 0 aromatic carbocycles. The Hall–Kier alpha value is -2.05. The highest BCUT2D eigenvalue weighted by atomic mass is 35.5. The van der Waals surface area contributed by atoms with Gasteiger partial charge in [0.05, 0.1) is 30.1 Å². The third-order valence-electron chi connectivity index (χ3n) is 3.26. The molecule has 3 heterocycles. The van der Waals surface area contributed by atoms with Gasteiger partial charge in [-0.2, -0.15) is 0 Å². The fourth-order valence-corrected chi connectivity index (χ4v) is 2.31. The van der Waals surface area contributed by atoms with E-state index in [0.29, 0.717) is 16.5 Å². The molecule has 0 bridgehead atoms. The fraction of sp³-hybridized carbons (Fsp3) is 0.286. The van der Waals surface area contributed by atoms with Crippen LogP contribution in [0, 0.1) is 0 Å². The van der Waals surface area contributed by atoms with Crippen molar-refractivity contribution in [2.75, 3.05) is 36.5 Å². The summed E-state index contributed by atoms with van der Waals surface area (Å²) in [7, 11) is 0. The van der Waals surface area contributed by atoms with Gasteiger partial charge in [0.2, 0.25) is 0 Å². The van der Waals surface area contributed by atoms with Crippen LogP contribution in [0.3, 0.4) is 0 Å². The van der Waals surface area contributed by atoms with E-state index in [2.05, 4.69) is 20.2 Å². The van der Waals surface area contributed by atoms with Gasteiger partial charge in [-0.3, -0.25) is 4.79 Å². The van der Waals surface area contributed by atoms with Crippen LogP contribution in [0.25, 0.3) is 0 Å². The van der Waals surface area contributed by atoms with Crippen LogP contribution in [0.5, 0.6) is 0 Å². The number of morpholine rings is 1. The maximum Gasteiger partial charge on any atom is 0.273 e. The van der Waals surface area contributed by atoms with Gasteiger partial charge in [-0.1, -0.05) is 11.6 Å². The van der Waals surface area contributed by atoms with Crippen LogP contribution in [0.2, 0.25) is 5.02 Å². The zero-order valence-corrected chi connectivity index (χ0v) is 12.1. The average Bonchev–Trinajstić information content (AvgIpc) is 2.96. The number of amides is 1. The quantitative estimate of drug-likeness (QED) is 0.911. The summed E-state index contributed by atoms with van der Waals surface area (Å²) in [4.78, 5) is 21.2. The normalized spacial score (nSPS) is 15.0. The number of nitrogens with zero attached hydrogens (tertiary/aromatic N) is 2. The van der Waals surface area contributed by atoms with Crippen molar-refractivity contribution in [3.05, 3.63) is 41.3 Å². The van der Waals surface area contributed by atoms with Gasteiger partial charge in [-0.15, -0.1) is 0 Å². The number of nitrogens with one attached hydrogen (secondary N) is 2. The third-order valence-corrected chi connectivity index (χ3v) is 3.48. The molecular formula is C14H15ClN4O2. The second-order valence-electron chi connectivity index (χ2n) is 4.69. The Bertz CT molecular complexity index is 620. The Morgan fingerprint density at radius 1 is 1.38 bits per heavy atom. The summed E-state index contributed by atoms with van der Waals surface area (Å²) in [5.74, 6) is 0.233. The number of aromatic nitrogens is 2. The predicted molar refractivity (Wildman–Crippen MR) is 81.0 cm³/mol. The summed E-state index contributed by atoms with van der Waals surface area (Å²) >= 11 is 5.77. The minimum atomic E-state index is -0.270. The van der Waals surface area contributed by atoms with E-state index in [1.165, 1.54) is 0 Å². The highest BCUT2D eigenvalue weighted by molar-refractivity contribution is 6.31. The molecule has 2 aromatic rings. The van der Waals surface area contributed by atoms with E-state index in [0.717, 1.165) is 32.0 Å². The molecule has 0 spiro atoms. The molecule has 7 heteroatoms. The molecule has 0 saturated carbocycles. The molecule has 1 aliphatic rings. The smallest absolute Gasteiger partial charge is 0.273 e. The maximum atomic E-state index is 11.9. The van der Waals surface area contributed by atoms with E-state index in [-0.39, 0.29) is 5.91 Å². The number of pyridine rings is 1. The Morgan fingerprint density at radius 3 is 2.81 bits per heavy atom. The van der Waals surface area contributed by atoms with Crippen LogP contribution in [0.15, 0.2) is 30.6 Å². The summed E-state index contributed by atoms with van der Waals surface area (Å²) in [6.45, 7) is 3.17. The predicted octanol–water partition coefficient (Wildman–Crippen LogP) is 2.15. The molecule has 1 saturated heterocycles. The molecule has 2 aromatic heterocycles. The summed E-state index contributed by atoms with van der Waals surface area (Å²) in [6.07, 6.45) is 3.31. The molecule has 0 radical (unpaired) electrons. The van der Waals surface area contributed by atoms with E-state index in [4.69, 9.17) is 16.3 Å². The van der Waals surface area contributed by atoms with Gasteiger partial charge < -0.3 is 19.9 Å². The number of halogens is 1. The Labute approximate surface area is 127 Å². The molecule has 6 nitrogen and oxygen atoms in total. The van der Waals surface area contributed by atoms with Crippen molar-refractivity contribution in [3.8, 4) is 0 Å². The number of aromatic amines is 1. The number of ether oxygens (including phenoxy) is 1. The maximum absolute atomic E-state index is 11.9. The van der Waals surface area contributed by atoms with E-state index in [9.17, 15) is 4.79 Å². The first-order chi connectivity index (χ1) is 10.2. The molecule has 0 atom stereocenters. The lowest BCUT2D eigenvalue weighted by Crippen LogP contribution is -2.36. The zero-order chi connectivity index (χ0) is 14.7. The van der Waals surface area contributed by atoms with Crippen molar-refractivity contribution >= 4 is 29.0 Å². The number of hydrogen-bond donors (Lipinski definition) is 2. The van der Waals surface area contributed by atoms with Crippen LogP contribution in [0.4, 0.5) is 11.5 Å². The zero-order valence-electron chi connectivity index (χ0n) is 11.3. The molecule has 110 valence electrons. The van der Waals surface area contributed by atoms with Crippen molar-refractivity contribution in [1.29, 1.82) is 0 Å². The number of carbonyl (C=O) groups excluding carboxylic acids is 1. The van der Waals surface area contributed by atoms with Crippen LogP contribution < -0.4 is 10.2 Å². The summed E-state index contributed by atoms with van der Waals surface area (Å²) in [5.41, 5.74) is 1.43. The monoisotopic (exact) mass is 306 g/mol. The molecule has 1 aliphatic heterocycles. The number of H-pyrrole nitrogens is 1. The van der Waals surface area contributed by atoms with Gasteiger partial charge >= 0.3 is 0 Å². The highest BCUT2D eigenvalue weighted by Gasteiger charge is 2.12. The lowest BCUT2D eigenvalue weighted by Gasteiger charge is -2.28. The van der Waals surface area contributed by atoms with Crippen molar-refractivity contribution in [2.45, 2.75) is 0 Å². The van der Waals surface area contributed by atoms with Crippen molar-refractivity contribution in [2.24, 2.45) is 0 Å². The van der Waals surface area contributed by atoms with Gasteiger partial charge in [-0.25, -0.2) is 4.98 Å². The van der Waals surface area contributed by atoms with Crippen LogP contribution in [-0.2, 0) is 4.74 Å². The van der Waals surface area contributed by atoms with E-state index >= 15 is 0 Å². The van der Waals surface area contributed by atoms with Gasteiger partial charge in [0.1, 0.15) is 11.5 Å². The largest absolute Gasteiger partial charge is 0.378 e. The SMILES string of the molecule is O=C(Nc1ccc(N2CCOCC2)cn1)c1cc(Cl)c[nH]1. The Morgan fingerprint density at radius 2 is 2.19 bits per heavy atom. The second kappa shape index (κ2) is 6.15. The average molecular weight is 307 g/mol. The van der Waals surface area contributed by atoms with Gasteiger partial charge in [0.15, 0.2) is 0 Å². The van der Waals surface area contributed by atoms with Gasteiger partial charge in [-0.05, 0) is 18.2 Å².